The van der Waals surface area contributed by atoms with Gasteiger partial charge in [-0.25, -0.2) is 0 Å². The Morgan fingerprint density at radius 2 is 2.25 bits per heavy atom. The molecule has 20 heavy (non-hydrogen) atoms. The molecule has 2 rings (SSSR count). The van der Waals surface area contributed by atoms with Crippen LogP contribution in [0.3, 0.4) is 0 Å². The minimum Gasteiger partial charge on any atom is -0.508 e. The van der Waals surface area contributed by atoms with Gasteiger partial charge in [0, 0.05) is 19.6 Å². The SMILES string of the molecule is CCC(=O)NCC[C@@H]1CCc2ccc(O)c(CCO)c21. The largest absolute Gasteiger partial charge is 0.508 e. The van der Waals surface area contributed by atoms with E-state index in [1.807, 2.05) is 13.0 Å². The molecule has 0 aliphatic heterocycles. The van der Waals surface area contributed by atoms with E-state index in [2.05, 4.69) is 5.32 Å². The summed E-state index contributed by atoms with van der Waals surface area (Å²) in [6.45, 7) is 2.56. The summed E-state index contributed by atoms with van der Waals surface area (Å²) in [6, 6.07) is 3.71. The van der Waals surface area contributed by atoms with Crippen LogP contribution in [0, 0.1) is 0 Å². The first kappa shape index (κ1) is 14.9. The van der Waals surface area contributed by atoms with E-state index in [0.717, 1.165) is 24.8 Å². The number of aliphatic hydroxyl groups is 1. The molecule has 1 atom stereocenters. The number of hydrogen-bond donors (Lipinski definition) is 3. The van der Waals surface area contributed by atoms with E-state index < -0.39 is 0 Å². The molecule has 3 N–H and O–H groups in total. The quantitative estimate of drug-likeness (QED) is 0.743. The molecule has 0 aromatic heterocycles. The van der Waals surface area contributed by atoms with Gasteiger partial charge in [0.05, 0.1) is 0 Å². The molecule has 0 unspecified atom stereocenters. The zero-order valence-corrected chi connectivity index (χ0v) is 12.0. The Labute approximate surface area is 119 Å². The first-order chi connectivity index (χ1) is 9.67. The number of carbonyl (C=O) groups excluding carboxylic acids is 1. The Kier molecular flexibility index (Phi) is 5.01. The van der Waals surface area contributed by atoms with E-state index in [4.69, 9.17) is 0 Å². The zero-order valence-electron chi connectivity index (χ0n) is 12.0. The number of fused-ring (bicyclic) bond motifs is 1. The lowest BCUT2D eigenvalue weighted by atomic mass is 9.91. The molecule has 4 heteroatoms. The molecule has 110 valence electrons. The molecule has 0 radical (unpaired) electrons. The third-order valence-electron chi connectivity index (χ3n) is 4.09. The minimum absolute atomic E-state index is 0.0449. The normalized spacial score (nSPS) is 17.0. The first-order valence-corrected chi connectivity index (χ1v) is 7.38. The first-order valence-electron chi connectivity index (χ1n) is 7.38. The summed E-state index contributed by atoms with van der Waals surface area (Å²) in [5.74, 6) is 0.729. The average Bonchev–Trinajstić information content (AvgIpc) is 2.85. The summed E-state index contributed by atoms with van der Waals surface area (Å²) < 4.78 is 0. The molecule has 0 spiro atoms. The van der Waals surface area contributed by atoms with Crippen molar-refractivity contribution in [3.8, 4) is 5.75 Å². The molecule has 0 fully saturated rings. The predicted octanol–water partition coefficient (Wildman–Crippen LogP) is 1.87. The Balaban J connectivity index is 2.10. The molecule has 0 bridgehead atoms. The molecule has 0 saturated carbocycles. The summed E-state index contributed by atoms with van der Waals surface area (Å²) in [4.78, 5) is 11.3. The van der Waals surface area contributed by atoms with Crippen LogP contribution in [0.1, 0.15) is 48.8 Å². The van der Waals surface area contributed by atoms with E-state index in [9.17, 15) is 15.0 Å². The molecule has 1 aromatic rings. The summed E-state index contributed by atoms with van der Waals surface area (Å²) in [7, 11) is 0. The highest BCUT2D eigenvalue weighted by molar-refractivity contribution is 5.75. The standard InChI is InChI=1S/C16H23NO3/c1-2-15(20)17-9-7-12-4-3-11-5-6-14(19)13(8-10-18)16(11)12/h5-6,12,18-19H,2-4,7-10H2,1H3,(H,17,20)/t12-/m0/s1. The van der Waals surface area contributed by atoms with Crippen molar-refractivity contribution in [3.05, 3.63) is 28.8 Å². The zero-order chi connectivity index (χ0) is 14.5. The van der Waals surface area contributed by atoms with Gasteiger partial charge >= 0.3 is 0 Å². The van der Waals surface area contributed by atoms with E-state index >= 15 is 0 Å². The number of phenols is 1. The van der Waals surface area contributed by atoms with Gasteiger partial charge in [-0.3, -0.25) is 4.79 Å². The van der Waals surface area contributed by atoms with Crippen LogP contribution in [-0.2, 0) is 17.6 Å². The molecule has 4 nitrogen and oxygen atoms in total. The number of nitrogens with one attached hydrogen (secondary N) is 1. The van der Waals surface area contributed by atoms with Crippen LogP contribution in [0.15, 0.2) is 12.1 Å². The maximum absolute atomic E-state index is 11.3. The lowest BCUT2D eigenvalue weighted by Gasteiger charge is -2.17. The highest BCUT2D eigenvalue weighted by Gasteiger charge is 2.26. The van der Waals surface area contributed by atoms with Gasteiger partial charge in [-0.15, -0.1) is 0 Å². The van der Waals surface area contributed by atoms with Crippen LogP contribution >= 0.6 is 0 Å². The van der Waals surface area contributed by atoms with Gasteiger partial charge in [0.25, 0.3) is 0 Å². The molecule has 0 heterocycles. The number of hydrogen-bond acceptors (Lipinski definition) is 3. The Morgan fingerprint density at radius 3 is 2.95 bits per heavy atom. The van der Waals surface area contributed by atoms with Crippen LogP contribution in [0.5, 0.6) is 5.75 Å². The molecular formula is C16H23NO3. The van der Waals surface area contributed by atoms with Crippen molar-refractivity contribution in [2.45, 2.75) is 44.9 Å². The monoisotopic (exact) mass is 277 g/mol. The third-order valence-corrected chi connectivity index (χ3v) is 4.09. The van der Waals surface area contributed by atoms with Gasteiger partial charge in [-0.1, -0.05) is 13.0 Å². The van der Waals surface area contributed by atoms with Crippen LogP contribution in [0.25, 0.3) is 0 Å². The Bertz CT molecular complexity index is 485. The number of aliphatic hydroxyl groups excluding tert-OH is 1. The second-order valence-electron chi connectivity index (χ2n) is 5.34. The van der Waals surface area contributed by atoms with Gasteiger partial charge in [0.1, 0.15) is 5.75 Å². The van der Waals surface area contributed by atoms with Crippen molar-refractivity contribution >= 4 is 5.91 Å². The van der Waals surface area contributed by atoms with Crippen LogP contribution in [0.4, 0.5) is 0 Å². The molecule has 1 aliphatic carbocycles. The van der Waals surface area contributed by atoms with Gasteiger partial charge in [0.2, 0.25) is 5.91 Å². The van der Waals surface area contributed by atoms with Crippen molar-refractivity contribution < 1.29 is 15.0 Å². The fourth-order valence-corrected chi connectivity index (χ4v) is 3.08. The Morgan fingerprint density at radius 1 is 1.45 bits per heavy atom. The van der Waals surface area contributed by atoms with Crippen molar-refractivity contribution in [2.75, 3.05) is 13.2 Å². The molecule has 0 saturated heterocycles. The lowest BCUT2D eigenvalue weighted by molar-refractivity contribution is -0.120. The molecule has 1 amide bonds. The topological polar surface area (TPSA) is 69.6 Å². The second-order valence-corrected chi connectivity index (χ2v) is 5.34. The van der Waals surface area contributed by atoms with Crippen molar-refractivity contribution in [1.29, 1.82) is 0 Å². The fraction of sp³-hybridized carbons (Fsp3) is 0.562. The van der Waals surface area contributed by atoms with Crippen molar-refractivity contribution in [1.82, 2.24) is 5.32 Å². The van der Waals surface area contributed by atoms with Crippen molar-refractivity contribution in [2.24, 2.45) is 0 Å². The minimum atomic E-state index is 0.0449. The van der Waals surface area contributed by atoms with Gasteiger partial charge in [-0.05, 0) is 54.4 Å². The third kappa shape index (κ3) is 3.12. The number of benzene rings is 1. The number of amides is 1. The summed E-state index contributed by atoms with van der Waals surface area (Å²) in [5, 5.41) is 22.1. The van der Waals surface area contributed by atoms with E-state index in [1.165, 1.54) is 11.1 Å². The smallest absolute Gasteiger partial charge is 0.219 e. The van der Waals surface area contributed by atoms with Crippen LogP contribution in [-0.4, -0.2) is 29.3 Å². The summed E-state index contributed by atoms with van der Waals surface area (Å²) in [5.41, 5.74) is 3.36. The van der Waals surface area contributed by atoms with E-state index in [-0.39, 0.29) is 18.3 Å². The lowest BCUT2D eigenvalue weighted by Crippen LogP contribution is -2.24. The number of carbonyl (C=O) groups is 1. The molecule has 1 aliphatic rings. The maximum atomic E-state index is 11.3. The van der Waals surface area contributed by atoms with Crippen LogP contribution < -0.4 is 5.32 Å². The average molecular weight is 277 g/mol. The summed E-state index contributed by atoms with van der Waals surface area (Å²) in [6.07, 6.45) is 3.96. The van der Waals surface area contributed by atoms with Gasteiger partial charge in [0.15, 0.2) is 0 Å². The van der Waals surface area contributed by atoms with Gasteiger partial charge < -0.3 is 15.5 Å². The molecular weight excluding hydrogens is 254 g/mol. The van der Waals surface area contributed by atoms with E-state index in [0.29, 0.717) is 25.3 Å². The highest BCUT2D eigenvalue weighted by atomic mass is 16.3. The predicted molar refractivity (Wildman–Crippen MR) is 77.9 cm³/mol. The van der Waals surface area contributed by atoms with Crippen LogP contribution in [0.2, 0.25) is 0 Å². The fourth-order valence-electron chi connectivity index (χ4n) is 3.08. The second kappa shape index (κ2) is 6.75. The van der Waals surface area contributed by atoms with Crippen molar-refractivity contribution in [3.63, 3.8) is 0 Å². The van der Waals surface area contributed by atoms with Gasteiger partial charge in [-0.2, -0.15) is 0 Å². The highest BCUT2D eigenvalue weighted by Crippen LogP contribution is 2.40. The Hall–Kier alpha value is -1.55. The maximum Gasteiger partial charge on any atom is 0.219 e. The number of aryl methyl sites for hydroxylation is 1. The number of phenolic OH excluding ortho intramolecular Hbond substituents is 1. The summed E-state index contributed by atoms with van der Waals surface area (Å²) >= 11 is 0. The molecule has 1 aromatic carbocycles. The number of aromatic hydroxyl groups is 1. The number of rotatable bonds is 6. The van der Waals surface area contributed by atoms with E-state index in [1.54, 1.807) is 6.07 Å².